The molecule has 1 unspecified atom stereocenters. The Hall–Kier alpha value is -1.85. The maximum atomic E-state index is 11.8. The molecule has 1 rings (SSSR count). The van der Waals surface area contributed by atoms with Gasteiger partial charge in [-0.15, -0.1) is 0 Å². The maximum absolute atomic E-state index is 11.8. The van der Waals surface area contributed by atoms with Crippen molar-refractivity contribution in [3.63, 3.8) is 0 Å². The van der Waals surface area contributed by atoms with E-state index in [1.54, 1.807) is 0 Å². The van der Waals surface area contributed by atoms with Crippen LogP contribution in [0.1, 0.15) is 26.7 Å². The monoisotopic (exact) mass is 322 g/mol. The first-order valence-electron chi connectivity index (χ1n) is 7.93. The van der Waals surface area contributed by atoms with Gasteiger partial charge in [0.25, 0.3) is 0 Å². The van der Waals surface area contributed by atoms with Crippen LogP contribution in [-0.2, 0) is 19.0 Å². The topological polar surface area (TPSA) is 54.0 Å². The highest BCUT2D eigenvalue weighted by Crippen LogP contribution is 2.16. The molecule has 0 spiro atoms. The SMILES string of the molecule is C=C(CCC(OCC)Oc1ccccc1)C(=O)OCCOCC. The summed E-state index contributed by atoms with van der Waals surface area (Å²) in [4.78, 5) is 11.8. The molecule has 1 aromatic rings. The molecule has 0 saturated heterocycles. The third-order valence-corrected chi connectivity index (χ3v) is 3.00. The highest BCUT2D eigenvalue weighted by Gasteiger charge is 2.15. The van der Waals surface area contributed by atoms with Gasteiger partial charge in [0, 0.05) is 25.2 Å². The fraction of sp³-hybridized carbons (Fsp3) is 0.500. The number of carbonyl (C=O) groups is 1. The second-order valence-electron chi connectivity index (χ2n) is 4.79. The number of esters is 1. The van der Waals surface area contributed by atoms with Crippen molar-refractivity contribution in [1.82, 2.24) is 0 Å². The third kappa shape index (κ3) is 8.38. The highest BCUT2D eigenvalue weighted by molar-refractivity contribution is 5.87. The summed E-state index contributed by atoms with van der Waals surface area (Å²) in [5.74, 6) is 0.329. The first-order chi connectivity index (χ1) is 11.2. The van der Waals surface area contributed by atoms with E-state index in [0.29, 0.717) is 38.2 Å². The Morgan fingerprint density at radius 2 is 1.87 bits per heavy atom. The second kappa shape index (κ2) is 11.7. The van der Waals surface area contributed by atoms with E-state index in [4.69, 9.17) is 18.9 Å². The minimum Gasteiger partial charge on any atom is -0.465 e. The zero-order valence-electron chi connectivity index (χ0n) is 14.0. The van der Waals surface area contributed by atoms with E-state index in [9.17, 15) is 4.79 Å². The van der Waals surface area contributed by atoms with Gasteiger partial charge in [-0.1, -0.05) is 24.8 Å². The van der Waals surface area contributed by atoms with Crippen LogP contribution in [0.5, 0.6) is 5.75 Å². The molecular formula is C18H26O5. The molecule has 23 heavy (non-hydrogen) atoms. The van der Waals surface area contributed by atoms with Crippen molar-refractivity contribution in [2.75, 3.05) is 26.4 Å². The van der Waals surface area contributed by atoms with E-state index in [0.717, 1.165) is 5.75 Å². The Bertz CT molecular complexity index is 458. The Balaban J connectivity index is 2.36. The van der Waals surface area contributed by atoms with Crippen molar-refractivity contribution in [1.29, 1.82) is 0 Å². The number of carbonyl (C=O) groups excluding carboxylic acids is 1. The Morgan fingerprint density at radius 1 is 1.13 bits per heavy atom. The van der Waals surface area contributed by atoms with Crippen LogP contribution in [0.4, 0.5) is 0 Å². The molecule has 1 aromatic carbocycles. The van der Waals surface area contributed by atoms with Crippen LogP contribution in [0.15, 0.2) is 42.5 Å². The molecule has 0 aromatic heterocycles. The van der Waals surface area contributed by atoms with Crippen molar-refractivity contribution in [2.24, 2.45) is 0 Å². The fourth-order valence-corrected chi connectivity index (χ4v) is 1.85. The molecule has 0 fully saturated rings. The molecule has 0 aliphatic rings. The van der Waals surface area contributed by atoms with Crippen LogP contribution >= 0.6 is 0 Å². The van der Waals surface area contributed by atoms with Crippen LogP contribution in [-0.4, -0.2) is 38.7 Å². The lowest BCUT2D eigenvalue weighted by atomic mass is 10.1. The van der Waals surface area contributed by atoms with Crippen LogP contribution in [0, 0.1) is 0 Å². The molecule has 0 aliphatic heterocycles. The number of rotatable bonds is 12. The Morgan fingerprint density at radius 3 is 2.52 bits per heavy atom. The van der Waals surface area contributed by atoms with Crippen molar-refractivity contribution in [3.8, 4) is 5.75 Å². The van der Waals surface area contributed by atoms with Gasteiger partial charge in [0.05, 0.1) is 6.61 Å². The van der Waals surface area contributed by atoms with Gasteiger partial charge in [0.1, 0.15) is 12.4 Å². The molecular weight excluding hydrogens is 296 g/mol. The van der Waals surface area contributed by atoms with Crippen molar-refractivity contribution in [3.05, 3.63) is 42.5 Å². The summed E-state index contributed by atoms with van der Waals surface area (Å²) in [6.45, 7) is 9.32. The third-order valence-electron chi connectivity index (χ3n) is 3.00. The molecule has 0 heterocycles. The van der Waals surface area contributed by atoms with Crippen molar-refractivity contribution >= 4 is 5.97 Å². The molecule has 5 heteroatoms. The number of hydrogen-bond acceptors (Lipinski definition) is 5. The first-order valence-corrected chi connectivity index (χ1v) is 7.93. The largest absolute Gasteiger partial charge is 0.465 e. The van der Waals surface area contributed by atoms with E-state index in [1.165, 1.54) is 0 Å². The van der Waals surface area contributed by atoms with E-state index in [2.05, 4.69) is 6.58 Å². The van der Waals surface area contributed by atoms with E-state index in [1.807, 2.05) is 44.2 Å². The lowest BCUT2D eigenvalue weighted by Gasteiger charge is -2.19. The first kappa shape index (κ1) is 19.2. The van der Waals surface area contributed by atoms with Gasteiger partial charge in [0.15, 0.2) is 6.29 Å². The molecule has 1 atom stereocenters. The van der Waals surface area contributed by atoms with Gasteiger partial charge in [0.2, 0.25) is 0 Å². The second-order valence-corrected chi connectivity index (χ2v) is 4.79. The van der Waals surface area contributed by atoms with Gasteiger partial charge >= 0.3 is 5.97 Å². The van der Waals surface area contributed by atoms with Crippen molar-refractivity contribution < 1.29 is 23.7 Å². The lowest BCUT2D eigenvalue weighted by molar-refractivity contribution is -0.140. The van der Waals surface area contributed by atoms with E-state index >= 15 is 0 Å². The molecule has 0 aliphatic carbocycles. The van der Waals surface area contributed by atoms with Gasteiger partial charge in [-0.2, -0.15) is 0 Å². The maximum Gasteiger partial charge on any atom is 0.333 e. The van der Waals surface area contributed by atoms with Gasteiger partial charge in [-0.05, 0) is 32.4 Å². The summed E-state index contributed by atoms with van der Waals surface area (Å²) in [5.41, 5.74) is 0.405. The molecule has 0 bridgehead atoms. The molecule has 5 nitrogen and oxygen atoms in total. The minimum atomic E-state index is -0.421. The summed E-state index contributed by atoms with van der Waals surface area (Å²) in [5, 5.41) is 0. The number of para-hydroxylation sites is 1. The number of benzene rings is 1. The van der Waals surface area contributed by atoms with Crippen LogP contribution in [0.2, 0.25) is 0 Å². The summed E-state index contributed by atoms with van der Waals surface area (Å²) in [6.07, 6.45) is 0.558. The summed E-state index contributed by atoms with van der Waals surface area (Å²) in [6, 6.07) is 9.44. The van der Waals surface area contributed by atoms with E-state index in [-0.39, 0.29) is 6.61 Å². The quantitative estimate of drug-likeness (QED) is 0.256. The zero-order chi connectivity index (χ0) is 16.9. The molecule has 0 radical (unpaired) electrons. The minimum absolute atomic E-state index is 0.237. The Labute approximate surface area is 138 Å². The average molecular weight is 322 g/mol. The molecule has 0 amide bonds. The highest BCUT2D eigenvalue weighted by atomic mass is 16.7. The molecule has 128 valence electrons. The average Bonchev–Trinajstić information content (AvgIpc) is 2.57. The summed E-state index contributed by atoms with van der Waals surface area (Å²) in [7, 11) is 0. The predicted octanol–water partition coefficient (Wildman–Crippen LogP) is 3.34. The number of ether oxygens (including phenoxy) is 4. The normalized spacial score (nSPS) is 11.7. The van der Waals surface area contributed by atoms with E-state index < -0.39 is 12.3 Å². The van der Waals surface area contributed by atoms with Crippen LogP contribution < -0.4 is 4.74 Å². The summed E-state index contributed by atoms with van der Waals surface area (Å²) >= 11 is 0. The van der Waals surface area contributed by atoms with Crippen LogP contribution in [0.3, 0.4) is 0 Å². The standard InChI is InChI=1S/C18H26O5/c1-4-20-13-14-22-18(19)15(3)11-12-17(21-5-2)23-16-9-7-6-8-10-16/h6-10,17H,3-5,11-14H2,1-2H3. The van der Waals surface area contributed by atoms with Gasteiger partial charge in [-0.3, -0.25) is 0 Å². The van der Waals surface area contributed by atoms with Gasteiger partial charge in [-0.25, -0.2) is 4.79 Å². The zero-order valence-corrected chi connectivity index (χ0v) is 14.0. The number of hydrogen-bond donors (Lipinski definition) is 0. The lowest BCUT2D eigenvalue weighted by Crippen LogP contribution is -2.22. The molecule has 0 saturated carbocycles. The van der Waals surface area contributed by atoms with Crippen molar-refractivity contribution in [2.45, 2.75) is 33.0 Å². The smallest absolute Gasteiger partial charge is 0.333 e. The fourth-order valence-electron chi connectivity index (χ4n) is 1.85. The Kier molecular flexibility index (Phi) is 9.75. The summed E-state index contributed by atoms with van der Waals surface area (Å²) < 4.78 is 21.5. The van der Waals surface area contributed by atoms with Crippen LogP contribution in [0.25, 0.3) is 0 Å². The molecule has 0 N–H and O–H groups in total. The predicted molar refractivity (Wildman–Crippen MR) is 88.3 cm³/mol. The van der Waals surface area contributed by atoms with Gasteiger partial charge < -0.3 is 18.9 Å².